The minimum atomic E-state index is 0.700. The average Bonchev–Trinajstić information content (AvgIpc) is 2.72. The van der Waals surface area contributed by atoms with Gasteiger partial charge in [-0.15, -0.1) is 0 Å². The molecule has 138 valence electrons. The maximum atomic E-state index is 5.47. The standard InChI is InChI=1S/C20H25N3O3/c1-24-18-9-5-4-8-17(18)22-11-13-23(14-12-22)21-15-16-7-6-10-19(25-2)20(16)26-3/h4-10,15H,11-14H2,1-3H3/b21-15-. The smallest absolute Gasteiger partial charge is 0.169 e. The van der Waals surface area contributed by atoms with Crippen molar-refractivity contribution in [3.8, 4) is 17.2 Å². The van der Waals surface area contributed by atoms with Crippen LogP contribution in [0.4, 0.5) is 5.69 Å². The van der Waals surface area contributed by atoms with Crippen molar-refractivity contribution in [3.63, 3.8) is 0 Å². The van der Waals surface area contributed by atoms with Gasteiger partial charge < -0.3 is 19.1 Å². The van der Waals surface area contributed by atoms with E-state index in [0.717, 1.165) is 43.2 Å². The Bertz CT molecular complexity index is 756. The third kappa shape index (κ3) is 3.85. The number of nitrogens with zero attached hydrogens (tertiary/aromatic N) is 3. The molecule has 0 amide bonds. The maximum absolute atomic E-state index is 5.47. The van der Waals surface area contributed by atoms with Gasteiger partial charge in [0.15, 0.2) is 11.5 Å². The number of rotatable bonds is 6. The third-order valence-corrected chi connectivity index (χ3v) is 4.48. The van der Waals surface area contributed by atoms with Crippen molar-refractivity contribution >= 4 is 11.9 Å². The largest absolute Gasteiger partial charge is 0.495 e. The number of hydrogen-bond donors (Lipinski definition) is 0. The van der Waals surface area contributed by atoms with E-state index in [1.165, 1.54) is 0 Å². The molecule has 6 nitrogen and oxygen atoms in total. The molecule has 0 unspecified atom stereocenters. The quantitative estimate of drug-likeness (QED) is 0.746. The molecule has 1 saturated heterocycles. The SMILES string of the molecule is COc1ccccc1N1CCN(/N=C\c2cccc(OC)c2OC)CC1. The highest BCUT2D eigenvalue weighted by Gasteiger charge is 2.18. The number of benzene rings is 2. The van der Waals surface area contributed by atoms with Crippen LogP contribution in [0.1, 0.15) is 5.56 Å². The summed E-state index contributed by atoms with van der Waals surface area (Å²) in [5.41, 5.74) is 2.03. The molecule has 1 aliphatic heterocycles. The van der Waals surface area contributed by atoms with Crippen molar-refractivity contribution in [1.82, 2.24) is 5.01 Å². The molecule has 0 aromatic heterocycles. The summed E-state index contributed by atoms with van der Waals surface area (Å²) in [6, 6.07) is 13.9. The lowest BCUT2D eigenvalue weighted by atomic mass is 10.2. The molecule has 1 heterocycles. The van der Waals surface area contributed by atoms with E-state index in [-0.39, 0.29) is 0 Å². The first kappa shape index (κ1) is 17.9. The van der Waals surface area contributed by atoms with Crippen LogP contribution in [0.2, 0.25) is 0 Å². The summed E-state index contributed by atoms with van der Waals surface area (Å²) in [5, 5.41) is 6.70. The molecule has 0 bridgehead atoms. The molecule has 0 spiro atoms. The lowest BCUT2D eigenvalue weighted by Gasteiger charge is -2.35. The van der Waals surface area contributed by atoms with Crippen LogP contribution >= 0.6 is 0 Å². The van der Waals surface area contributed by atoms with Gasteiger partial charge in [0.05, 0.1) is 46.3 Å². The monoisotopic (exact) mass is 355 g/mol. The fourth-order valence-corrected chi connectivity index (χ4v) is 3.10. The number of piperazine rings is 1. The summed E-state index contributed by atoms with van der Waals surface area (Å²) in [4.78, 5) is 2.33. The van der Waals surface area contributed by atoms with Gasteiger partial charge in [0.2, 0.25) is 0 Å². The number of ether oxygens (including phenoxy) is 3. The number of hydrogen-bond acceptors (Lipinski definition) is 6. The molecule has 1 fully saturated rings. The fourth-order valence-electron chi connectivity index (χ4n) is 3.10. The van der Waals surface area contributed by atoms with Gasteiger partial charge in [0, 0.05) is 18.7 Å². The lowest BCUT2D eigenvalue weighted by Crippen LogP contribution is -2.44. The zero-order valence-corrected chi connectivity index (χ0v) is 15.5. The average molecular weight is 355 g/mol. The van der Waals surface area contributed by atoms with Crippen molar-refractivity contribution in [1.29, 1.82) is 0 Å². The van der Waals surface area contributed by atoms with Gasteiger partial charge in [-0.05, 0) is 24.3 Å². The summed E-state index contributed by atoms with van der Waals surface area (Å²) >= 11 is 0. The van der Waals surface area contributed by atoms with Gasteiger partial charge >= 0.3 is 0 Å². The Kier molecular flexibility index (Phi) is 5.84. The Hall–Kier alpha value is -2.89. The highest BCUT2D eigenvalue weighted by molar-refractivity contribution is 5.84. The summed E-state index contributed by atoms with van der Waals surface area (Å²) in [6.07, 6.45) is 1.83. The van der Waals surface area contributed by atoms with Crippen LogP contribution in [0.3, 0.4) is 0 Å². The van der Waals surface area contributed by atoms with Crippen LogP contribution in [0.5, 0.6) is 17.2 Å². The van der Waals surface area contributed by atoms with Crippen LogP contribution in [0, 0.1) is 0 Å². The molecule has 2 aromatic rings. The molecule has 0 atom stereocenters. The lowest BCUT2D eigenvalue weighted by molar-refractivity contribution is 0.271. The Labute approximate surface area is 154 Å². The summed E-state index contributed by atoms with van der Waals surface area (Å²) in [5.74, 6) is 2.31. The van der Waals surface area contributed by atoms with E-state index in [1.54, 1.807) is 21.3 Å². The second-order valence-corrected chi connectivity index (χ2v) is 5.94. The number of para-hydroxylation sites is 3. The van der Waals surface area contributed by atoms with Gasteiger partial charge in [-0.1, -0.05) is 18.2 Å². The minimum absolute atomic E-state index is 0.700. The molecule has 0 saturated carbocycles. The van der Waals surface area contributed by atoms with E-state index in [2.05, 4.69) is 21.1 Å². The Morgan fingerprint density at radius 3 is 2.19 bits per heavy atom. The topological polar surface area (TPSA) is 46.5 Å². The number of methoxy groups -OCH3 is 3. The normalized spacial score (nSPS) is 14.6. The predicted molar refractivity (Wildman–Crippen MR) is 104 cm³/mol. The molecule has 2 aromatic carbocycles. The zero-order valence-electron chi connectivity index (χ0n) is 15.5. The van der Waals surface area contributed by atoms with E-state index < -0.39 is 0 Å². The van der Waals surface area contributed by atoms with Gasteiger partial charge in [-0.3, -0.25) is 5.01 Å². The molecule has 6 heteroatoms. The van der Waals surface area contributed by atoms with Crippen molar-refractivity contribution in [2.24, 2.45) is 5.10 Å². The van der Waals surface area contributed by atoms with Crippen molar-refractivity contribution in [3.05, 3.63) is 48.0 Å². The summed E-state index contributed by atoms with van der Waals surface area (Å²) < 4.78 is 16.3. The van der Waals surface area contributed by atoms with E-state index >= 15 is 0 Å². The molecule has 0 radical (unpaired) electrons. The molecule has 0 aliphatic carbocycles. The molecule has 3 rings (SSSR count). The van der Waals surface area contributed by atoms with Crippen molar-refractivity contribution in [2.45, 2.75) is 0 Å². The van der Waals surface area contributed by atoms with Crippen LogP contribution < -0.4 is 19.1 Å². The molecule has 26 heavy (non-hydrogen) atoms. The predicted octanol–water partition coefficient (Wildman–Crippen LogP) is 2.87. The van der Waals surface area contributed by atoms with Crippen LogP contribution in [-0.2, 0) is 0 Å². The first-order valence-corrected chi connectivity index (χ1v) is 8.64. The Balaban J connectivity index is 1.65. The van der Waals surface area contributed by atoms with Crippen LogP contribution in [0.15, 0.2) is 47.6 Å². The van der Waals surface area contributed by atoms with E-state index in [9.17, 15) is 0 Å². The van der Waals surface area contributed by atoms with Crippen molar-refractivity contribution in [2.75, 3.05) is 52.4 Å². The number of anilines is 1. The van der Waals surface area contributed by atoms with Gasteiger partial charge in [0.25, 0.3) is 0 Å². The summed E-state index contributed by atoms with van der Waals surface area (Å²) in [7, 11) is 4.98. The molecular formula is C20H25N3O3. The Morgan fingerprint density at radius 1 is 0.808 bits per heavy atom. The fraction of sp³-hybridized carbons (Fsp3) is 0.350. The number of hydrazone groups is 1. The second-order valence-electron chi connectivity index (χ2n) is 5.94. The van der Waals surface area contributed by atoms with Gasteiger partial charge in [-0.2, -0.15) is 5.10 Å². The van der Waals surface area contributed by atoms with Gasteiger partial charge in [0.1, 0.15) is 5.75 Å². The highest BCUT2D eigenvalue weighted by atomic mass is 16.5. The minimum Gasteiger partial charge on any atom is -0.495 e. The first-order chi connectivity index (χ1) is 12.8. The maximum Gasteiger partial charge on any atom is 0.169 e. The van der Waals surface area contributed by atoms with E-state index in [4.69, 9.17) is 14.2 Å². The Morgan fingerprint density at radius 2 is 1.50 bits per heavy atom. The third-order valence-electron chi connectivity index (χ3n) is 4.48. The first-order valence-electron chi connectivity index (χ1n) is 8.64. The van der Waals surface area contributed by atoms with E-state index in [1.807, 2.05) is 42.6 Å². The van der Waals surface area contributed by atoms with Gasteiger partial charge in [-0.25, -0.2) is 0 Å². The second kappa shape index (κ2) is 8.47. The summed E-state index contributed by atoms with van der Waals surface area (Å²) in [6.45, 7) is 3.49. The molecule has 0 N–H and O–H groups in total. The van der Waals surface area contributed by atoms with Crippen molar-refractivity contribution < 1.29 is 14.2 Å². The molecular weight excluding hydrogens is 330 g/mol. The zero-order chi connectivity index (χ0) is 18.4. The molecule has 1 aliphatic rings. The van der Waals surface area contributed by atoms with E-state index in [0.29, 0.717) is 11.5 Å². The highest BCUT2D eigenvalue weighted by Crippen LogP contribution is 2.30. The van der Waals surface area contributed by atoms with Crippen LogP contribution in [-0.4, -0.2) is 58.7 Å². The van der Waals surface area contributed by atoms with Crippen LogP contribution in [0.25, 0.3) is 0 Å².